The molecule has 3 heteroatoms. The van der Waals surface area contributed by atoms with Gasteiger partial charge in [-0.2, -0.15) is 6.08 Å². The van der Waals surface area contributed by atoms with Crippen LogP contribution in [0, 0.1) is 29.7 Å². The van der Waals surface area contributed by atoms with Crippen LogP contribution in [-0.4, -0.2) is 3.21 Å². The summed E-state index contributed by atoms with van der Waals surface area (Å²) >= 11 is 1.73. The van der Waals surface area contributed by atoms with Crippen molar-refractivity contribution in [3.8, 4) is 0 Å². The van der Waals surface area contributed by atoms with Gasteiger partial charge in [0.15, 0.2) is 0 Å². The minimum absolute atomic E-state index is 0. The van der Waals surface area contributed by atoms with E-state index in [-0.39, 0.29) is 24.8 Å². The summed E-state index contributed by atoms with van der Waals surface area (Å²) in [6, 6.07) is 19.3. The van der Waals surface area contributed by atoms with Crippen LogP contribution in [-0.2, 0) is 24.2 Å². The van der Waals surface area contributed by atoms with Gasteiger partial charge >= 0.3 is 116 Å². The van der Waals surface area contributed by atoms with Gasteiger partial charge in [-0.1, -0.05) is 36.4 Å². The molecule has 0 N–H and O–H groups in total. The second-order valence-electron chi connectivity index (χ2n) is 10.4. The SMILES string of the molecule is CC([C](=[Zr+2])C(C)C1CCCC1)C1CCCC1.[C-]1=CC=CC1.[Cl-].[Cl-].c1ccc2c(c1)[cH-]c1ccccc12. The van der Waals surface area contributed by atoms with E-state index in [1.165, 1.54) is 72.9 Å². The molecule has 2 atom stereocenters. The largest absolute Gasteiger partial charge is 1.00 e. The number of halogens is 2. The first-order valence-electron chi connectivity index (χ1n) is 13.5. The van der Waals surface area contributed by atoms with Gasteiger partial charge in [0.1, 0.15) is 0 Å². The first-order chi connectivity index (χ1) is 16.6. The Hall–Kier alpha value is -0.877. The van der Waals surface area contributed by atoms with Crippen LogP contribution in [0.4, 0.5) is 0 Å². The van der Waals surface area contributed by atoms with Gasteiger partial charge in [0, 0.05) is 0 Å². The van der Waals surface area contributed by atoms with Crippen molar-refractivity contribution < 1.29 is 49.0 Å². The molecule has 2 fully saturated rings. The summed E-state index contributed by atoms with van der Waals surface area (Å²) in [6.45, 7) is 5.04. The van der Waals surface area contributed by atoms with Crippen LogP contribution in [0.25, 0.3) is 21.5 Å². The molecule has 0 bridgehead atoms. The molecule has 3 aliphatic carbocycles. The summed E-state index contributed by atoms with van der Waals surface area (Å²) in [5, 5.41) is 5.39. The second kappa shape index (κ2) is 16.2. The fourth-order valence-electron chi connectivity index (χ4n) is 6.08. The van der Waals surface area contributed by atoms with Crippen molar-refractivity contribution in [3.63, 3.8) is 0 Å². The van der Waals surface area contributed by atoms with Crippen LogP contribution in [0.2, 0.25) is 0 Å². The molecule has 0 amide bonds. The Morgan fingerprint density at radius 2 is 1.22 bits per heavy atom. The van der Waals surface area contributed by atoms with E-state index in [9.17, 15) is 0 Å². The van der Waals surface area contributed by atoms with Crippen LogP contribution in [0.3, 0.4) is 0 Å². The zero-order chi connectivity index (χ0) is 23.8. The Labute approximate surface area is 246 Å². The quantitative estimate of drug-likeness (QED) is 0.404. The summed E-state index contributed by atoms with van der Waals surface area (Å²) in [4.78, 5) is 0. The number of allylic oxidation sites excluding steroid dienone is 4. The maximum Gasteiger partial charge on any atom is -0.0771 e. The summed E-state index contributed by atoms with van der Waals surface area (Å²) < 4.78 is 1.91. The average Bonchev–Trinajstić information content (AvgIpc) is 3.70. The summed E-state index contributed by atoms with van der Waals surface area (Å²) in [5.41, 5.74) is 0. The monoisotopic (exact) mass is 596 g/mol. The van der Waals surface area contributed by atoms with E-state index in [4.69, 9.17) is 0 Å². The molecule has 3 aromatic rings. The van der Waals surface area contributed by atoms with Crippen molar-refractivity contribution in [1.29, 1.82) is 0 Å². The van der Waals surface area contributed by atoms with Crippen molar-refractivity contribution in [3.05, 3.63) is 78.9 Å². The molecule has 0 aromatic heterocycles. The third-order valence-corrected chi connectivity index (χ3v) is 10.5. The van der Waals surface area contributed by atoms with Gasteiger partial charge in [0.25, 0.3) is 0 Å². The van der Waals surface area contributed by atoms with E-state index in [1.807, 2.05) is 15.4 Å². The summed E-state index contributed by atoms with van der Waals surface area (Å²) in [5.74, 6) is 3.93. The molecule has 192 valence electrons. The van der Waals surface area contributed by atoms with Crippen LogP contribution >= 0.6 is 0 Å². The molecule has 3 aliphatic rings. The Morgan fingerprint density at radius 3 is 1.58 bits per heavy atom. The first kappa shape index (κ1) is 31.3. The van der Waals surface area contributed by atoms with E-state index < -0.39 is 0 Å². The minimum Gasteiger partial charge on any atom is -1.00 e. The van der Waals surface area contributed by atoms with Crippen molar-refractivity contribution >= 4 is 24.8 Å². The zero-order valence-electron chi connectivity index (χ0n) is 21.9. The van der Waals surface area contributed by atoms with Gasteiger partial charge in [0.2, 0.25) is 0 Å². The predicted octanol–water partition coefficient (Wildman–Crippen LogP) is 3.38. The second-order valence-corrected chi connectivity index (χ2v) is 11.9. The zero-order valence-corrected chi connectivity index (χ0v) is 25.8. The van der Waals surface area contributed by atoms with Crippen molar-refractivity contribution in [1.82, 2.24) is 0 Å². The van der Waals surface area contributed by atoms with E-state index in [2.05, 4.69) is 80.6 Å². The molecule has 0 heterocycles. The van der Waals surface area contributed by atoms with Crippen molar-refractivity contribution in [2.24, 2.45) is 23.7 Å². The molecule has 36 heavy (non-hydrogen) atoms. The topological polar surface area (TPSA) is 0 Å². The molecule has 6 rings (SSSR count). The first-order valence-corrected chi connectivity index (χ1v) is 14.7. The number of hydrogen-bond donors (Lipinski definition) is 0. The number of rotatable bonds is 4. The van der Waals surface area contributed by atoms with E-state index in [0.29, 0.717) is 0 Å². The normalized spacial score (nSPS) is 18.6. The maximum atomic E-state index is 2.99. The number of benzene rings is 2. The third kappa shape index (κ3) is 8.31. The molecule has 3 aromatic carbocycles. The van der Waals surface area contributed by atoms with Crippen LogP contribution < -0.4 is 24.8 Å². The van der Waals surface area contributed by atoms with Crippen LogP contribution in [0.15, 0.2) is 72.8 Å². The van der Waals surface area contributed by atoms with Crippen LogP contribution in [0.1, 0.15) is 71.6 Å². The molecule has 0 saturated heterocycles. The van der Waals surface area contributed by atoms with Crippen LogP contribution in [0.5, 0.6) is 0 Å². The molecule has 0 spiro atoms. The maximum absolute atomic E-state index is 2.99. The average molecular weight is 599 g/mol. The van der Waals surface area contributed by atoms with Crippen molar-refractivity contribution in [2.75, 3.05) is 0 Å². The molecular formula is C33H40Cl2Zr-2. The molecule has 0 aliphatic heterocycles. The molecule has 0 radical (unpaired) electrons. The fraction of sp³-hybridized carbons (Fsp3) is 0.455. The smallest absolute Gasteiger partial charge is 0.0771 e. The number of hydrogen-bond acceptors (Lipinski definition) is 0. The molecular weight excluding hydrogens is 558 g/mol. The standard InChI is InChI=1S/C15H26.C13H9.C5H5.2ClH.Zr/c1-12(14-7-3-4-8-14)11-13(2)15-9-5-6-10-15;1-3-7-12-10(5-1)9-11-6-2-4-8-13(11)12;1-2-4-5-3-1;;;/h12-15H,3-10H2,1-2H3;1-9H;1-3H,4H2;2*1H;/q;2*-1;;;+2/p-2. The van der Waals surface area contributed by atoms with E-state index >= 15 is 0 Å². The third-order valence-electron chi connectivity index (χ3n) is 8.30. The Morgan fingerprint density at radius 1 is 0.778 bits per heavy atom. The van der Waals surface area contributed by atoms with Gasteiger partial charge < -0.3 is 24.8 Å². The molecule has 2 saturated carbocycles. The van der Waals surface area contributed by atoms with E-state index in [1.54, 1.807) is 24.2 Å². The molecule has 0 nitrogen and oxygen atoms in total. The number of fused-ring (bicyclic) bond motifs is 3. The van der Waals surface area contributed by atoms with Gasteiger partial charge in [-0.05, 0) is 0 Å². The van der Waals surface area contributed by atoms with Gasteiger partial charge in [-0.15, -0.1) is 46.2 Å². The molecule has 2 unspecified atom stereocenters. The van der Waals surface area contributed by atoms with Gasteiger partial charge in [0.05, 0.1) is 0 Å². The summed E-state index contributed by atoms with van der Waals surface area (Å²) in [7, 11) is 0. The Balaban J connectivity index is 0.000000205. The fourth-order valence-corrected chi connectivity index (χ4v) is 7.24. The van der Waals surface area contributed by atoms with Gasteiger partial charge in [-0.25, -0.2) is 12.2 Å². The Bertz CT molecular complexity index is 1030. The predicted molar refractivity (Wildman–Crippen MR) is 146 cm³/mol. The minimum atomic E-state index is 0. The Kier molecular flexibility index (Phi) is 14.1. The van der Waals surface area contributed by atoms with Crippen molar-refractivity contribution in [2.45, 2.75) is 71.6 Å². The van der Waals surface area contributed by atoms with Gasteiger partial charge in [-0.3, -0.25) is 6.08 Å². The summed E-state index contributed by atoms with van der Waals surface area (Å²) in [6.07, 6.45) is 22.0. The van der Waals surface area contributed by atoms with E-state index in [0.717, 1.165) is 30.1 Å².